The van der Waals surface area contributed by atoms with Crippen molar-refractivity contribution >= 4 is 0 Å². The van der Waals surface area contributed by atoms with Gasteiger partial charge in [0.2, 0.25) is 0 Å². The lowest BCUT2D eigenvalue weighted by atomic mass is 9.90. The summed E-state index contributed by atoms with van der Waals surface area (Å²) in [5.74, 6) is 0. The fourth-order valence-corrected chi connectivity index (χ4v) is 1.56. The van der Waals surface area contributed by atoms with Crippen molar-refractivity contribution in [1.29, 1.82) is 5.26 Å². The minimum absolute atomic E-state index is 0.365. The molecule has 2 unspecified atom stereocenters. The Labute approximate surface area is 54.4 Å². The molecule has 0 aromatic rings. The van der Waals surface area contributed by atoms with Gasteiger partial charge in [0.25, 0.3) is 0 Å². The predicted molar refractivity (Wildman–Crippen MR) is 31.4 cm³/mol. The third-order valence-electron chi connectivity index (χ3n) is 2.11. The van der Waals surface area contributed by atoms with Gasteiger partial charge in [-0.05, 0) is 19.3 Å². The molecule has 2 heterocycles. The Hall–Kier alpha value is -0.550. The van der Waals surface area contributed by atoms with Crippen molar-refractivity contribution in [1.82, 2.24) is 0 Å². The van der Waals surface area contributed by atoms with Gasteiger partial charge in [0.15, 0.2) is 5.60 Å². The third kappa shape index (κ3) is 0.585. The van der Waals surface area contributed by atoms with E-state index in [1.807, 2.05) is 6.42 Å². The van der Waals surface area contributed by atoms with Crippen molar-refractivity contribution in [2.45, 2.75) is 31.0 Å². The molecule has 47 valence electrons. The second-order valence-electron chi connectivity index (χ2n) is 2.72. The molecule has 0 amide bonds. The molecule has 2 saturated heterocycles. The largest absolute Gasteiger partial charge is 0.357 e. The smallest absolute Gasteiger partial charge is 0.157 e. The zero-order valence-electron chi connectivity index (χ0n) is 5.13. The van der Waals surface area contributed by atoms with Gasteiger partial charge < -0.3 is 4.74 Å². The standard InChI is InChI=1S/C7H8NO/c8-5-7-3-1-6(9-7)2-4-7/h3,6H,1-2,4H2. The van der Waals surface area contributed by atoms with Crippen LogP contribution >= 0.6 is 0 Å². The fraction of sp³-hybridized carbons (Fsp3) is 0.714. The maximum absolute atomic E-state index is 8.64. The minimum Gasteiger partial charge on any atom is -0.357 e. The van der Waals surface area contributed by atoms with Crippen molar-refractivity contribution in [2.75, 3.05) is 0 Å². The first-order valence-corrected chi connectivity index (χ1v) is 3.28. The van der Waals surface area contributed by atoms with Crippen LogP contribution in [0.3, 0.4) is 0 Å². The lowest BCUT2D eigenvalue weighted by Gasteiger charge is -2.12. The van der Waals surface area contributed by atoms with Gasteiger partial charge in [0, 0.05) is 6.42 Å². The molecule has 2 heteroatoms. The second-order valence-corrected chi connectivity index (χ2v) is 2.72. The van der Waals surface area contributed by atoms with Crippen molar-refractivity contribution in [3.8, 4) is 6.07 Å². The molecule has 0 saturated carbocycles. The maximum atomic E-state index is 8.64. The molecule has 0 aliphatic carbocycles. The summed E-state index contributed by atoms with van der Waals surface area (Å²) in [6.07, 6.45) is 5.33. The van der Waals surface area contributed by atoms with Gasteiger partial charge in [0.05, 0.1) is 12.2 Å². The number of hydrogen-bond acceptors (Lipinski definition) is 2. The van der Waals surface area contributed by atoms with E-state index in [-0.39, 0.29) is 0 Å². The Kier molecular flexibility index (Phi) is 0.866. The molecule has 0 aromatic carbocycles. The molecule has 0 spiro atoms. The van der Waals surface area contributed by atoms with Crippen molar-refractivity contribution in [2.24, 2.45) is 0 Å². The molecule has 2 fully saturated rings. The Morgan fingerprint density at radius 1 is 1.78 bits per heavy atom. The fourth-order valence-electron chi connectivity index (χ4n) is 1.56. The summed E-state index contributed by atoms with van der Waals surface area (Å²) in [5.41, 5.74) is -0.468. The Balaban J connectivity index is 2.25. The van der Waals surface area contributed by atoms with Crippen LogP contribution in [0.25, 0.3) is 0 Å². The van der Waals surface area contributed by atoms with Gasteiger partial charge in [0.1, 0.15) is 0 Å². The molecule has 1 radical (unpaired) electrons. The average molecular weight is 122 g/mol. The van der Waals surface area contributed by atoms with Crippen molar-refractivity contribution in [3.63, 3.8) is 0 Å². The zero-order chi connectivity index (χ0) is 6.32. The van der Waals surface area contributed by atoms with Crippen LogP contribution in [0.15, 0.2) is 0 Å². The van der Waals surface area contributed by atoms with E-state index in [2.05, 4.69) is 6.07 Å². The van der Waals surface area contributed by atoms with Crippen LogP contribution in [-0.4, -0.2) is 11.7 Å². The highest BCUT2D eigenvalue weighted by Gasteiger charge is 2.46. The third-order valence-corrected chi connectivity index (χ3v) is 2.11. The Morgan fingerprint density at radius 2 is 2.67 bits per heavy atom. The zero-order valence-corrected chi connectivity index (χ0v) is 5.13. The summed E-state index contributed by atoms with van der Waals surface area (Å²) in [7, 11) is 0. The first-order valence-electron chi connectivity index (χ1n) is 3.28. The highest BCUT2D eigenvalue weighted by Crippen LogP contribution is 2.41. The van der Waals surface area contributed by atoms with Crippen LogP contribution in [0.1, 0.15) is 19.3 Å². The van der Waals surface area contributed by atoms with E-state index in [0.717, 1.165) is 19.3 Å². The normalized spacial score (nSPS) is 47.2. The number of rotatable bonds is 0. The van der Waals surface area contributed by atoms with Crippen LogP contribution in [0, 0.1) is 17.8 Å². The minimum atomic E-state index is -0.468. The van der Waals surface area contributed by atoms with E-state index < -0.39 is 5.60 Å². The van der Waals surface area contributed by atoms with E-state index in [0.29, 0.717) is 6.10 Å². The van der Waals surface area contributed by atoms with Gasteiger partial charge in [-0.1, -0.05) is 0 Å². The van der Waals surface area contributed by atoms with Crippen LogP contribution < -0.4 is 0 Å². The van der Waals surface area contributed by atoms with E-state index in [1.54, 1.807) is 0 Å². The Morgan fingerprint density at radius 3 is 2.89 bits per heavy atom. The highest BCUT2D eigenvalue weighted by atomic mass is 16.5. The molecular formula is C7H8NO. The number of fused-ring (bicyclic) bond motifs is 2. The molecule has 2 aliphatic rings. The molecule has 2 aliphatic heterocycles. The van der Waals surface area contributed by atoms with Crippen LogP contribution in [0.4, 0.5) is 0 Å². The quantitative estimate of drug-likeness (QED) is 0.481. The number of nitrogens with zero attached hydrogens (tertiary/aromatic N) is 1. The van der Waals surface area contributed by atoms with E-state index >= 15 is 0 Å². The molecule has 2 bridgehead atoms. The number of ether oxygens (including phenoxy) is 1. The van der Waals surface area contributed by atoms with Gasteiger partial charge in [-0.15, -0.1) is 0 Å². The lowest BCUT2D eigenvalue weighted by molar-refractivity contribution is 0.0669. The first kappa shape index (κ1) is 5.25. The summed E-state index contributed by atoms with van der Waals surface area (Å²) in [6.45, 7) is 0. The van der Waals surface area contributed by atoms with E-state index in [4.69, 9.17) is 10.00 Å². The topological polar surface area (TPSA) is 33.0 Å². The summed E-state index contributed by atoms with van der Waals surface area (Å²) in [6, 6.07) is 2.19. The predicted octanol–water partition coefficient (Wildman–Crippen LogP) is 1.04. The van der Waals surface area contributed by atoms with Crippen molar-refractivity contribution < 1.29 is 4.74 Å². The first-order chi connectivity index (χ1) is 4.35. The van der Waals surface area contributed by atoms with Gasteiger partial charge in [-0.3, -0.25) is 0 Å². The molecule has 2 rings (SSSR count). The summed E-state index contributed by atoms with van der Waals surface area (Å²) in [4.78, 5) is 0. The molecule has 0 N–H and O–H groups in total. The van der Waals surface area contributed by atoms with Crippen molar-refractivity contribution in [3.05, 3.63) is 6.42 Å². The highest BCUT2D eigenvalue weighted by molar-refractivity contribution is 5.19. The number of nitriles is 1. The summed E-state index contributed by atoms with van der Waals surface area (Å²) < 4.78 is 5.39. The molecular weight excluding hydrogens is 114 g/mol. The Bertz CT molecular complexity index is 162. The maximum Gasteiger partial charge on any atom is 0.157 e. The molecule has 9 heavy (non-hydrogen) atoms. The monoisotopic (exact) mass is 122 g/mol. The van der Waals surface area contributed by atoms with Gasteiger partial charge in [-0.2, -0.15) is 5.26 Å². The van der Waals surface area contributed by atoms with Crippen LogP contribution in [0.2, 0.25) is 0 Å². The molecule has 2 nitrogen and oxygen atoms in total. The van der Waals surface area contributed by atoms with Gasteiger partial charge in [-0.25, -0.2) is 0 Å². The average Bonchev–Trinajstić information content (AvgIpc) is 2.46. The molecule has 2 atom stereocenters. The summed E-state index contributed by atoms with van der Waals surface area (Å²) >= 11 is 0. The number of hydrogen-bond donors (Lipinski definition) is 0. The van der Waals surface area contributed by atoms with Gasteiger partial charge >= 0.3 is 0 Å². The van der Waals surface area contributed by atoms with Crippen LogP contribution in [-0.2, 0) is 4.74 Å². The van der Waals surface area contributed by atoms with E-state index in [9.17, 15) is 0 Å². The second kappa shape index (κ2) is 1.48. The summed E-state index contributed by atoms with van der Waals surface area (Å²) in [5, 5.41) is 8.64. The SMILES string of the molecule is N#CC12[CH]CC(CC1)O2. The van der Waals surface area contributed by atoms with Crippen LogP contribution in [0.5, 0.6) is 0 Å². The molecule has 0 aromatic heterocycles. The lowest BCUT2D eigenvalue weighted by Crippen LogP contribution is -2.21. The van der Waals surface area contributed by atoms with E-state index in [1.165, 1.54) is 0 Å².